The summed E-state index contributed by atoms with van der Waals surface area (Å²) in [7, 11) is 3.02. The second-order valence-electron chi connectivity index (χ2n) is 6.10. The van der Waals surface area contributed by atoms with Crippen LogP contribution in [-0.2, 0) is 6.42 Å². The highest BCUT2D eigenvalue weighted by atomic mass is 16.5. The van der Waals surface area contributed by atoms with Crippen molar-refractivity contribution in [2.24, 2.45) is 0 Å². The van der Waals surface area contributed by atoms with Gasteiger partial charge in [-0.05, 0) is 48.4 Å². The lowest BCUT2D eigenvalue weighted by Gasteiger charge is -2.13. The van der Waals surface area contributed by atoms with Gasteiger partial charge in [0.25, 0.3) is 5.91 Å². The van der Waals surface area contributed by atoms with E-state index in [1.165, 1.54) is 19.8 Å². The first kappa shape index (κ1) is 19.2. The number of carbonyl (C=O) groups excluding carboxylic acids is 1. The summed E-state index contributed by atoms with van der Waals surface area (Å²) < 4.78 is 10.6. The minimum Gasteiger partial charge on any atom is -0.496 e. The zero-order chi connectivity index (χ0) is 19.9. The first-order chi connectivity index (χ1) is 13.6. The van der Waals surface area contributed by atoms with Crippen LogP contribution in [0.5, 0.6) is 11.5 Å². The molecule has 6 heteroatoms. The summed E-state index contributed by atoms with van der Waals surface area (Å²) in [6.45, 7) is 2.12. The number of nitrogens with zero attached hydrogens (tertiary/aromatic N) is 1. The third-order valence-electron chi connectivity index (χ3n) is 4.31. The van der Waals surface area contributed by atoms with Crippen LogP contribution in [0, 0.1) is 0 Å². The van der Waals surface area contributed by atoms with Gasteiger partial charge in [-0.15, -0.1) is 0 Å². The second-order valence-corrected chi connectivity index (χ2v) is 6.10. The largest absolute Gasteiger partial charge is 0.496 e. The summed E-state index contributed by atoms with van der Waals surface area (Å²) in [4.78, 5) is 17.0. The van der Waals surface area contributed by atoms with Gasteiger partial charge in [-0.2, -0.15) is 0 Å². The van der Waals surface area contributed by atoms with Crippen molar-refractivity contribution < 1.29 is 14.3 Å². The number of anilines is 3. The number of ether oxygens (including phenoxy) is 2. The molecular formula is C22H23N3O3. The van der Waals surface area contributed by atoms with Gasteiger partial charge in [0.2, 0.25) is 0 Å². The average Bonchev–Trinajstić information content (AvgIpc) is 2.75. The molecule has 0 aliphatic heterocycles. The first-order valence-corrected chi connectivity index (χ1v) is 8.99. The SMILES string of the molecule is CCc1ccc(Nc2ccc(NC(=O)c3c(OC)cccc3OC)nc2)cc1. The van der Waals surface area contributed by atoms with Crippen molar-refractivity contribution in [2.75, 3.05) is 24.9 Å². The van der Waals surface area contributed by atoms with Gasteiger partial charge in [0, 0.05) is 5.69 Å². The van der Waals surface area contributed by atoms with E-state index in [-0.39, 0.29) is 5.91 Å². The van der Waals surface area contributed by atoms with Crippen LogP contribution in [0.2, 0.25) is 0 Å². The zero-order valence-electron chi connectivity index (χ0n) is 16.2. The van der Waals surface area contributed by atoms with Crippen molar-refractivity contribution in [3.8, 4) is 11.5 Å². The Labute approximate surface area is 164 Å². The van der Waals surface area contributed by atoms with Crippen molar-refractivity contribution in [1.82, 2.24) is 4.98 Å². The van der Waals surface area contributed by atoms with E-state index in [0.29, 0.717) is 22.9 Å². The number of rotatable bonds is 7. The summed E-state index contributed by atoms with van der Waals surface area (Å²) in [5.41, 5.74) is 3.42. The van der Waals surface area contributed by atoms with Crippen molar-refractivity contribution in [2.45, 2.75) is 13.3 Å². The molecule has 0 saturated heterocycles. The number of methoxy groups -OCH3 is 2. The van der Waals surface area contributed by atoms with Gasteiger partial charge in [-0.3, -0.25) is 4.79 Å². The maximum absolute atomic E-state index is 12.7. The lowest BCUT2D eigenvalue weighted by Crippen LogP contribution is -2.15. The highest BCUT2D eigenvalue weighted by molar-refractivity contribution is 6.07. The van der Waals surface area contributed by atoms with E-state index in [9.17, 15) is 4.79 Å². The summed E-state index contributed by atoms with van der Waals surface area (Å²) in [6, 6.07) is 17.0. The summed E-state index contributed by atoms with van der Waals surface area (Å²) in [5.74, 6) is 0.957. The molecule has 0 aliphatic carbocycles. The van der Waals surface area contributed by atoms with E-state index in [1.54, 1.807) is 30.5 Å². The van der Waals surface area contributed by atoms with Gasteiger partial charge in [0.1, 0.15) is 22.9 Å². The normalized spacial score (nSPS) is 10.2. The number of hydrogen-bond donors (Lipinski definition) is 2. The molecule has 6 nitrogen and oxygen atoms in total. The molecule has 1 aromatic heterocycles. The molecule has 0 saturated carbocycles. The van der Waals surface area contributed by atoms with Crippen molar-refractivity contribution in [3.05, 3.63) is 71.9 Å². The molecule has 3 rings (SSSR count). The van der Waals surface area contributed by atoms with Gasteiger partial charge < -0.3 is 20.1 Å². The molecule has 144 valence electrons. The minimum absolute atomic E-state index is 0.326. The van der Waals surface area contributed by atoms with Crippen LogP contribution in [0.1, 0.15) is 22.8 Å². The fourth-order valence-corrected chi connectivity index (χ4v) is 2.79. The molecule has 0 fully saturated rings. The lowest BCUT2D eigenvalue weighted by molar-refractivity contribution is 0.102. The van der Waals surface area contributed by atoms with Crippen LogP contribution in [0.15, 0.2) is 60.8 Å². The number of amides is 1. The van der Waals surface area contributed by atoms with Gasteiger partial charge >= 0.3 is 0 Å². The number of carbonyl (C=O) groups is 1. The molecular weight excluding hydrogens is 354 g/mol. The Hall–Kier alpha value is -3.54. The smallest absolute Gasteiger partial charge is 0.264 e. The molecule has 0 spiro atoms. The Morgan fingerprint density at radius 2 is 1.57 bits per heavy atom. The van der Waals surface area contributed by atoms with Crippen LogP contribution >= 0.6 is 0 Å². The average molecular weight is 377 g/mol. The van der Waals surface area contributed by atoms with Gasteiger partial charge in [-0.25, -0.2) is 4.98 Å². The highest BCUT2D eigenvalue weighted by Gasteiger charge is 2.18. The topological polar surface area (TPSA) is 72.5 Å². The first-order valence-electron chi connectivity index (χ1n) is 8.99. The van der Waals surface area contributed by atoms with E-state index in [1.807, 2.05) is 18.2 Å². The Morgan fingerprint density at radius 1 is 0.929 bits per heavy atom. The van der Waals surface area contributed by atoms with Crippen molar-refractivity contribution >= 4 is 23.1 Å². The number of hydrogen-bond acceptors (Lipinski definition) is 5. The quantitative estimate of drug-likeness (QED) is 0.627. The zero-order valence-corrected chi connectivity index (χ0v) is 16.2. The van der Waals surface area contributed by atoms with Crippen molar-refractivity contribution in [1.29, 1.82) is 0 Å². The van der Waals surface area contributed by atoms with Crippen LogP contribution in [-0.4, -0.2) is 25.1 Å². The van der Waals surface area contributed by atoms with Gasteiger partial charge in [-0.1, -0.05) is 25.1 Å². The number of nitrogens with one attached hydrogen (secondary N) is 2. The Bertz CT molecular complexity index is 916. The minimum atomic E-state index is -0.349. The molecule has 0 unspecified atom stereocenters. The molecule has 2 aromatic carbocycles. The van der Waals surface area contributed by atoms with E-state index in [0.717, 1.165) is 17.8 Å². The molecule has 0 radical (unpaired) electrons. The predicted molar refractivity (Wildman–Crippen MR) is 111 cm³/mol. The van der Waals surface area contributed by atoms with E-state index < -0.39 is 0 Å². The fourth-order valence-electron chi connectivity index (χ4n) is 2.79. The lowest BCUT2D eigenvalue weighted by atomic mass is 10.1. The third kappa shape index (κ3) is 4.40. The molecule has 0 atom stereocenters. The summed E-state index contributed by atoms with van der Waals surface area (Å²) in [5, 5.41) is 6.06. The van der Waals surface area contributed by atoms with Crippen LogP contribution < -0.4 is 20.1 Å². The third-order valence-corrected chi connectivity index (χ3v) is 4.31. The second kappa shape index (κ2) is 8.90. The standard InChI is InChI=1S/C22H23N3O3/c1-4-15-8-10-16(11-9-15)24-17-12-13-20(23-14-17)25-22(26)21-18(27-2)6-5-7-19(21)28-3/h5-14,24H,4H2,1-3H3,(H,23,25,26). The van der Waals surface area contributed by atoms with E-state index >= 15 is 0 Å². The van der Waals surface area contributed by atoms with Gasteiger partial charge in [0.05, 0.1) is 26.1 Å². The molecule has 28 heavy (non-hydrogen) atoms. The highest BCUT2D eigenvalue weighted by Crippen LogP contribution is 2.29. The Balaban J connectivity index is 1.71. The number of aryl methyl sites for hydroxylation is 1. The number of benzene rings is 2. The van der Waals surface area contributed by atoms with Gasteiger partial charge in [0.15, 0.2) is 0 Å². The number of aromatic nitrogens is 1. The Morgan fingerprint density at radius 3 is 2.11 bits per heavy atom. The predicted octanol–water partition coefficient (Wildman–Crippen LogP) is 4.66. The molecule has 3 aromatic rings. The summed E-state index contributed by atoms with van der Waals surface area (Å²) in [6.07, 6.45) is 2.68. The molecule has 1 heterocycles. The maximum Gasteiger partial charge on any atom is 0.264 e. The molecule has 0 aliphatic rings. The maximum atomic E-state index is 12.7. The monoisotopic (exact) mass is 377 g/mol. The fraction of sp³-hybridized carbons (Fsp3) is 0.182. The van der Waals surface area contributed by atoms with E-state index in [2.05, 4.69) is 34.7 Å². The van der Waals surface area contributed by atoms with Crippen LogP contribution in [0.3, 0.4) is 0 Å². The molecule has 2 N–H and O–H groups in total. The molecule has 1 amide bonds. The van der Waals surface area contributed by atoms with Crippen molar-refractivity contribution in [3.63, 3.8) is 0 Å². The van der Waals surface area contributed by atoms with Crippen LogP contribution in [0.25, 0.3) is 0 Å². The van der Waals surface area contributed by atoms with Crippen LogP contribution in [0.4, 0.5) is 17.2 Å². The molecule has 0 bridgehead atoms. The number of pyridine rings is 1. The Kier molecular flexibility index (Phi) is 6.11. The summed E-state index contributed by atoms with van der Waals surface area (Å²) >= 11 is 0. The van der Waals surface area contributed by atoms with E-state index in [4.69, 9.17) is 9.47 Å².